The number of hydrogen-bond acceptors (Lipinski definition) is 2. The molecule has 0 radical (unpaired) electrons. The van der Waals surface area contributed by atoms with Gasteiger partial charge >= 0.3 is 0 Å². The highest BCUT2D eigenvalue weighted by atomic mass is 16.6. The minimum atomic E-state index is 0.511. The van der Waals surface area contributed by atoms with E-state index in [9.17, 15) is 0 Å². The molecule has 2 heteroatoms. The summed E-state index contributed by atoms with van der Waals surface area (Å²) in [6, 6.07) is 0. The van der Waals surface area contributed by atoms with Crippen LogP contribution in [-0.2, 0) is 4.84 Å². The molecule has 0 bridgehead atoms. The van der Waals surface area contributed by atoms with Crippen molar-refractivity contribution < 1.29 is 4.84 Å². The third-order valence-corrected chi connectivity index (χ3v) is 3.79. The Kier molecular flexibility index (Phi) is 2.89. The molecule has 2 saturated carbocycles. The van der Waals surface area contributed by atoms with Gasteiger partial charge in [0.05, 0.1) is 6.61 Å². The Balaban J connectivity index is 1.76. The van der Waals surface area contributed by atoms with Gasteiger partial charge in [0.1, 0.15) is 0 Å². The first-order chi connectivity index (χ1) is 6.35. The molecule has 0 aromatic rings. The molecule has 0 aromatic heterocycles. The molecule has 2 N–H and O–H groups in total. The fourth-order valence-corrected chi connectivity index (χ4v) is 2.76. The van der Waals surface area contributed by atoms with Crippen molar-refractivity contribution in [2.24, 2.45) is 17.2 Å². The van der Waals surface area contributed by atoms with Crippen LogP contribution in [0.25, 0.3) is 0 Å². The van der Waals surface area contributed by atoms with Gasteiger partial charge in [0.15, 0.2) is 0 Å². The van der Waals surface area contributed by atoms with Crippen molar-refractivity contribution in [2.45, 2.75) is 51.4 Å². The molecule has 0 atom stereocenters. The van der Waals surface area contributed by atoms with Crippen molar-refractivity contribution in [3.05, 3.63) is 0 Å². The van der Waals surface area contributed by atoms with Crippen LogP contribution in [0.5, 0.6) is 0 Å². The molecule has 0 aliphatic heterocycles. The van der Waals surface area contributed by atoms with E-state index >= 15 is 0 Å². The van der Waals surface area contributed by atoms with Crippen LogP contribution in [0.1, 0.15) is 51.4 Å². The largest absolute Gasteiger partial charge is 0.304 e. The summed E-state index contributed by atoms with van der Waals surface area (Å²) in [5.74, 6) is 6.14. The van der Waals surface area contributed by atoms with Gasteiger partial charge in [-0.25, -0.2) is 5.90 Å². The second-order valence-corrected chi connectivity index (χ2v) is 5.02. The van der Waals surface area contributed by atoms with Crippen molar-refractivity contribution in [1.82, 2.24) is 0 Å². The lowest BCUT2D eigenvalue weighted by molar-refractivity contribution is 0.0768. The lowest BCUT2D eigenvalue weighted by atomic mass is 9.82. The predicted octanol–water partition coefficient (Wildman–Crippen LogP) is 2.63. The standard InChI is InChI=1S/C11H21NO/c12-13-9-11(6-7-11)8-10-4-2-1-3-5-10/h10H,1-9,12H2. The third kappa shape index (κ3) is 2.44. The van der Waals surface area contributed by atoms with Crippen LogP contribution in [0.2, 0.25) is 0 Å². The van der Waals surface area contributed by atoms with Gasteiger partial charge in [0.2, 0.25) is 0 Å². The summed E-state index contributed by atoms with van der Waals surface area (Å²) in [4.78, 5) is 4.81. The molecule has 0 aromatic carbocycles. The molecule has 0 amide bonds. The zero-order valence-corrected chi connectivity index (χ0v) is 8.43. The van der Waals surface area contributed by atoms with E-state index in [0.717, 1.165) is 12.5 Å². The predicted molar refractivity (Wildman–Crippen MR) is 53.0 cm³/mol. The van der Waals surface area contributed by atoms with Crippen LogP contribution in [0.3, 0.4) is 0 Å². The molecular formula is C11H21NO. The van der Waals surface area contributed by atoms with Gasteiger partial charge in [-0.3, -0.25) is 0 Å². The topological polar surface area (TPSA) is 35.2 Å². The van der Waals surface area contributed by atoms with Gasteiger partial charge in [-0.1, -0.05) is 32.1 Å². The Labute approximate surface area is 80.8 Å². The normalized spacial score (nSPS) is 27.5. The lowest BCUT2D eigenvalue weighted by Gasteiger charge is -2.25. The molecule has 2 fully saturated rings. The summed E-state index contributed by atoms with van der Waals surface area (Å²) in [5.41, 5.74) is 0.511. The maximum atomic E-state index is 5.16. The molecule has 0 heterocycles. The van der Waals surface area contributed by atoms with E-state index in [1.54, 1.807) is 0 Å². The van der Waals surface area contributed by atoms with Crippen molar-refractivity contribution >= 4 is 0 Å². The molecular weight excluding hydrogens is 162 g/mol. The Hall–Kier alpha value is -0.0800. The molecule has 13 heavy (non-hydrogen) atoms. The number of nitrogens with two attached hydrogens (primary N) is 1. The van der Waals surface area contributed by atoms with Crippen molar-refractivity contribution in [2.75, 3.05) is 6.61 Å². The average Bonchev–Trinajstić information content (AvgIpc) is 2.87. The van der Waals surface area contributed by atoms with Crippen LogP contribution in [0.15, 0.2) is 0 Å². The molecule has 2 rings (SSSR count). The summed E-state index contributed by atoms with van der Waals surface area (Å²) in [6.45, 7) is 0.795. The Morgan fingerprint density at radius 3 is 2.38 bits per heavy atom. The molecule has 2 aliphatic carbocycles. The van der Waals surface area contributed by atoms with E-state index in [2.05, 4.69) is 0 Å². The smallest absolute Gasteiger partial charge is 0.0735 e. The first kappa shape index (κ1) is 9.47. The molecule has 76 valence electrons. The highest BCUT2D eigenvalue weighted by molar-refractivity contribution is 4.94. The second-order valence-electron chi connectivity index (χ2n) is 5.02. The highest BCUT2D eigenvalue weighted by Crippen LogP contribution is 2.52. The van der Waals surface area contributed by atoms with Gasteiger partial charge in [-0.15, -0.1) is 0 Å². The molecule has 2 aliphatic rings. The minimum Gasteiger partial charge on any atom is -0.304 e. The Bertz CT molecular complexity index is 159. The first-order valence-electron chi connectivity index (χ1n) is 5.66. The summed E-state index contributed by atoms with van der Waals surface area (Å²) in [5, 5.41) is 0. The van der Waals surface area contributed by atoms with Gasteiger partial charge in [-0.05, 0) is 30.6 Å². The lowest BCUT2D eigenvalue weighted by Crippen LogP contribution is -2.19. The third-order valence-electron chi connectivity index (χ3n) is 3.79. The van der Waals surface area contributed by atoms with Crippen molar-refractivity contribution in [3.63, 3.8) is 0 Å². The minimum absolute atomic E-state index is 0.511. The van der Waals surface area contributed by atoms with E-state index in [1.807, 2.05) is 0 Å². The summed E-state index contributed by atoms with van der Waals surface area (Å²) in [7, 11) is 0. The van der Waals surface area contributed by atoms with Gasteiger partial charge in [0, 0.05) is 0 Å². The quantitative estimate of drug-likeness (QED) is 0.680. The second kappa shape index (κ2) is 3.97. The fourth-order valence-electron chi connectivity index (χ4n) is 2.76. The average molecular weight is 183 g/mol. The van der Waals surface area contributed by atoms with E-state index in [0.29, 0.717) is 5.41 Å². The molecule has 0 spiro atoms. The summed E-state index contributed by atoms with van der Waals surface area (Å²) < 4.78 is 0. The van der Waals surface area contributed by atoms with E-state index in [1.165, 1.54) is 51.4 Å². The first-order valence-corrected chi connectivity index (χ1v) is 5.66. The zero-order valence-electron chi connectivity index (χ0n) is 8.43. The van der Waals surface area contributed by atoms with E-state index < -0.39 is 0 Å². The van der Waals surface area contributed by atoms with Gasteiger partial charge in [0.25, 0.3) is 0 Å². The fraction of sp³-hybridized carbons (Fsp3) is 1.00. The summed E-state index contributed by atoms with van der Waals surface area (Å²) >= 11 is 0. The molecule has 2 nitrogen and oxygen atoms in total. The van der Waals surface area contributed by atoms with Crippen molar-refractivity contribution in [1.29, 1.82) is 0 Å². The number of hydrogen-bond donors (Lipinski definition) is 1. The SMILES string of the molecule is NOCC1(CC2CCCCC2)CC1. The van der Waals surface area contributed by atoms with Gasteiger partial charge in [-0.2, -0.15) is 0 Å². The van der Waals surface area contributed by atoms with Crippen LogP contribution < -0.4 is 5.90 Å². The van der Waals surface area contributed by atoms with Crippen LogP contribution in [0, 0.1) is 11.3 Å². The van der Waals surface area contributed by atoms with Crippen LogP contribution in [0.4, 0.5) is 0 Å². The Morgan fingerprint density at radius 2 is 1.85 bits per heavy atom. The van der Waals surface area contributed by atoms with E-state index in [4.69, 9.17) is 10.7 Å². The van der Waals surface area contributed by atoms with E-state index in [-0.39, 0.29) is 0 Å². The van der Waals surface area contributed by atoms with Crippen molar-refractivity contribution in [3.8, 4) is 0 Å². The highest BCUT2D eigenvalue weighted by Gasteiger charge is 2.44. The maximum absolute atomic E-state index is 5.16. The zero-order chi connectivity index (χ0) is 9.15. The summed E-state index contributed by atoms with van der Waals surface area (Å²) in [6.07, 6.45) is 11.3. The monoisotopic (exact) mass is 183 g/mol. The van der Waals surface area contributed by atoms with Gasteiger partial charge < -0.3 is 4.84 Å². The van der Waals surface area contributed by atoms with Crippen LogP contribution in [-0.4, -0.2) is 6.61 Å². The molecule has 0 unspecified atom stereocenters. The number of rotatable bonds is 4. The maximum Gasteiger partial charge on any atom is 0.0735 e. The Morgan fingerprint density at radius 1 is 1.15 bits per heavy atom. The molecule has 0 saturated heterocycles. The van der Waals surface area contributed by atoms with Crippen LogP contribution >= 0.6 is 0 Å².